The minimum absolute atomic E-state index is 0.674. The molecule has 0 saturated heterocycles. The molecule has 0 heterocycles. The molecular formula is C17H27N. The van der Waals surface area contributed by atoms with Crippen LogP contribution in [-0.2, 0) is 12.8 Å². The Bertz CT molecular complexity index is 337. The van der Waals surface area contributed by atoms with Gasteiger partial charge in [0.1, 0.15) is 0 Å². The van der Waals surface area contributed by atoms with Crippen LogP contribution in [0, 0.1) is 5.92 Å². The minimum atomic E-state index is 0.674. The lowest BCUT2D eigenvalue weighted by Crippen LogP contribution is -2.34. The van der Waals surface area contributed by atoms with Gasteiger partial charge in [0.25, 0.3) is 0 Å². The molecule has 0 radical (unpaired) electrons. The molecule has 0 aliphatic heterocycles. The van der Waals surface area contributed by atoms with E-state index in [4.69, 9.17) is 0 Å². The number of hydrogen-bond acceptors (Lipinski definition) is 1. The third-order valence-electron chi connectivity index (χ3n) is 4.25. The van der Waals surface area contributed by atoms with E-state index in [1.807, 2.05) is 0 Å². The average molecular weight is 245 g/mol. The SMILES string of the molecule is CCNC(Cc1ccc(CC)cc1)CC1CCC1. The number of nitrogens with one attached hydrogen (secondary N) is 1. The fourth-order valence-electron chi connectivity index (χ4n) is 2.85. The van der Waals surface area contributed by atoms with Crippen molar-refractivity contribution in [2.24, 2.45) is 5.92 Å². The van der Waals surface area contributed by atoms with Crippen molar-refractivity contribution in [2.75, 3.05) is 6.54 Å². The van der Waals surface area contributed by atoms with E-state index in [1.165, 1.54) is 43.2 Å². The quantitative estimate of drug-likeness (QED) is 0.766. The van der Waals surface area contributed by atoms with Crippen LogP contribution in [0.3, 0.4) is 0 Å². The van der Waals surface area contributed by atoms with Crippen LogP contribution in [0.25, 0.3) is 0 Å². The number of likely N-dealkylation sites (N-methyl/N-ethyl adjacent to an activating group) is 1. The van der Waals surface area contributed by atoms with E-state index in [9.17, 15) is 0 Å². The van der Waals surface area contributed by atoms with E-state index < -0.39 is 0 Å². The second kappa shape index (κ2) is 6.94. The highest BCUT2D eigenvalue weighted by Gasteiger charge is 2.21. The zero-order valence-electron chi connectivity index (χ0n) is 11.9. The van der Waals surface area contributed by atoms with Gasteiger partial charge in [0.2, 0.25) is 0 Å². The number of benzene rings is 1. The predicted molar refractivity (Wildman–Crippen MR) is 78.9 cm³/mol. The van der Waals surface area contributed by atoms with Crippen LogP contribution in [0.4, 0.5) is 0 Å². The molecule has 1 saturated carbocycles. The highest BCUT2D eigenvalue weighted by Crippen LogP contribution is 2.31. The van der Waals surface area contributed by atoms with Crippen LogP contribution in [0.5, 0.6) is 0 Å². The summed E-state index contributed by atoms with van der Waals surface area (Å²) in [6.07, 6.45) is 8.05. The molecule has 1 aliphatic rings. The Hall–Kier alpha value is -0.820. The van der Waals surface area contributed by atoms with Gasteiger partial charge in [-0.3, -0.25) is 0 Å². The first kappa shape index (κ1) is 13.6. The predicted octanol–water partition coefficient (Wildman–Crippen LogP) is 3.96. The summed E-state index contributed by atoms with van der Waals surface area (Å²) in [5.74, 6) is 0.990. The maximum absolute atomic E-state index is 3.66. The Balaban J connectivity index is 1.89. The highest BCUT2D eigenvalue weighted by molar-refractivity contribution is 5.23. The molecule has 0 spiro atoms. The Morgan fingerprint density at radius 3 is 2.28 bits per heavy atom. The van der Waals surface area contributed by atoms with Gasteiger partial charge in [0, 0.05) is 6.04 Å². The van der Waals surface area contributed by atoms with E-state index in [2.05, 4.69) is 43.4 Å². The van der Waals surface area contributed by atoms with Gasteiger partial charge >= 0.3 is 0 Å². The molecule has 1 heteroatoms. The van der Waals surface area contributed by atoms with Crippen LogP contribution in [-0.4, -0.2) is 12.6 Å². The van der Waals surface area contributed by atoms with Crippen molar-refractivity contribution in [1.29, 1.82) is 0 Å². The standard InChI is InChI=1S/C17H27N/c1-3-14-8-10-16(11-9-14)13-17(18-4-2)12-15-6-5-7-15/h8-11,15,17-18H,3-7,12-13H2,1-2H3. The fourth-order valence-corrected chi connectivity index (χ4v) is 2.85. The Morgan fingerprint density at radius 1 is 1.11 bits per heavy atom. The largest absolute Gasteiger partial charge is 0.314 e. The molecule has 1 nitrogen and oxygen atoms in total. The zero-order valence-corrected chi connectivity index (χ0v) is 11.9. The highest BCUT2D eigenvalue weighted by atomic mass is 14.9. The molecule has 1 aliphatic carbocycles. The van der Waals surface area contributed by atoms with E-state index in [1.54, 1.807) is 0 Å². The van der Waals surface area contributed by atoms with Gasteiger partial charge in [-0.2, -0.15) is 0 Å². The van der Waals surface area contributed by atoms with Crippen molar-refractivity contribution in [3.05, 3.63) is 35.4 Å². The molecular weight excluding hydrogens is 218 g/mol. The van der Waals surface area contributed by atoms with E-state index in [0.717, 1.165) is 18.9 Å². The smallest absolute Gasteiger partial charge is 0.0110 e. The van der Waals surface area contributed by atoms with Crippen molar-refractivity contribution >= 4 is 0 Å². The number of aryl methyl sites for hydroxylation is 1. The molecule has 1 unspecified atom stereocenters. The Morgan fingerprint density at radius 2 is 1.78 bits per heavy atom. The maximum Gasteiger partial charge on any atom is 0.0110 e. The van der Waals surface area contributed by atoms with Gasteiger partial charge in [-0.05, 0) is 42.9 Å². The maximum atomic E-state index is 3.66. The molecule has 0 aromatic heterocycles. The van der Waals surface area contributed by atoms with Crippen molar-refractivity contribution in [3.63, 3.8) is 0 Å². The van der Waals surface area contributed by atoms with Crippen molar-refractivity contribution < 1.29 is 0 Å². The molecule has 1 N–H and O–H groups in total. The van der Waals surface area contributed by atoms with Gasteiger partial charge in [-0.1, -0.05) is 57.4 Å². The van der Waals surface area contributed by atoms with Crippen LogP contribution in [0.1, 0.15) is 50.7 Å². The van der Waals surface area contributed by atoms with E-state index in [0.29, 0.717) is 6.04 Å². The van der Waals surface area contributed by atoms with Gasteiger partial charge < -0.3 is 5.32 Å². The molecule has 1 aromatic rings. The van der Waals surface area contributed by atoms with E-state index in [-0.39, 0.29) is 0 Å². The average Bonchev–Trinajstić information content (AvgIpc) is 2.35. The summed E-state index contributed by atoms with van der Waals surface area (Å²) in [5, 5.41) is 3.66. The number of hydrogen-bond donors (Lipinski definition) is 1. The van der Waals surface area contributed by atoms with Crippen molar-refractivity contribution in [2.45, 2.75) is 58.4 Å². The van der Waals surface area contributed by atoms with E-state index >= 15 is 0 Å². The first-order chi connectivity index (χ1) is 8.81. The van der Waals surface area contributed by atoms with Crippen LogP contribution in [0.15, 0.2) is 24.3 Å². The van der Waals surface area contributed by atoms with Gasteiger partial charge in [0.15, 0.2) is 0 Å². The monoisotopic (exact) mass is 245 g/mol. The first-order valence-electron chi connectivity index (χ1n) is 7.63. The molecule has 1 fully saturated rings. The zero-order chi connectivity index (χ0) is 12.8. The molecule has 0 amide bonds. The molecule has 2 rings (SSSR count). The third kappa shape index (κ3) is 3.84. The lowest BCUT2D eigenvalue weighted by atomic mass is 9.80. The second-order valence-corrected chi connectivity index (χ2v) is 5.66. The summed E-state index contributed by atoms with van der Waals surface area (Å²) in [6.45, 7) is 5.52. The summed E-state index contributed by atoms with van der Waals surface area (Å²) in [7, 11) is 0. The summed E-state index contributed by atoms with van der Waals surface area (Å²) in [6, 6.07) is 9.85. The molecule has 0 bridgehead atoms. The van der Waals surface area contributed by atoms with Gasteiger partial charge in [-0.15, -0.1) is 0 Å². The normalized spacial score (nSPS) is 17.4. The molecule has 1 atom stereocenters. The molecule has 100 valence electrons. The van der Waals surface area contributed by atoms with Crippen molar-refractivity contribution in [3.8, 4) is 0 Å². The summed E-state index contributed by atoms with van der Waals surface area (Å²) in [5.41, 5.74) is 2.93. The van der Waals surface area contributed by atoms with Gasteiger partial charge in [0.05, 0.1) is 0 Å². The molecule has 1 aromatic carbocycles. The fraction of sp³-hybridized carbons (Fsp3) is 0.647. The second-order valence-electron chi connectivity index (χ2n) is 5.66. The van der Waals surface area contributed by atoms with Crippen LogP contribution in [0.2, 0.25) is 0 Å². The van der Waals surface area contributed by atoms with Crippen LogP contribution >= 0.6 is 0 Å². The third-order valence-corrected chi connectivity index (χ3v) is 4.25. The van der Waals surface area contributed by atoms with Crippen LogP contribution < -0.4 is 5.32 Å². The summed E-state index contributed by atoms with van der Waals surface area (Å²) < 4.78 is 0. The Labute approximate surface area is 112 Å². The van der Waals surface area contributed by atoms with Gasteiger partial charge in [-0.25, -0.2) is 0 Å². The lowest BCUT2D eigenvalue weighted by molar-refractivity contribution is 0.260. The molecule has 18 heavy (non-hydrogen) atoms. The summed E-state index contributed by atoms with van der Waals surface area (Å²) in [4.78, 5) is 0. The Kier molecular flexibility index (Phi) is 5.25. The minimum Gasteiger partial charge on any atom is -0.314 e. The lowest BCUT2D eigenvalue weighted by Gasteiger charge is -2.30. The first-order valence-corrected chi connectivity index (χ1v) is 7.63. The number of rotatable bonds is 7. The topological polar surface area (TPSA) is 12.0 Å². The van der Waals surface area contributed by atoms with Crippen molar-refractivity contribution in [1.82, 2.24) is 5.32 Å². The summed E-state index contributed by atoms with van der Waals surface area (Å²) >= 11 is 0.